The number of hydrogen-bond acceptors (Lipinski definition) is 4. The fourth-order valence-electron chi connectivity index (χ4n) is 1.06. The third-order valence-corrected chi connectivity index (χ3v) is 3.84. The molecule has 15 heavy (non-hydrogen) atoms. The molecule has 0 rings (SSSR count). The van der Waals surface area contributed by atoms with E-state index in [9.17, 15) is 13.2 Å². The number of methoxy groups -OCH3 is 1. The Morgan fingerprint density at radius 3 is 2.33 bits per heavy atom. The Balaban J connectivity index is 3.80. The van der Waals surface area contributed by atoms with Gasteiger partial charge >= 0.3 is 5.97 Å². The zero-order valence-corrected chi connectivity index (χ0v) is 10.5. The highest BCUT2D eigenvalue weighted by atomic mass is 32.2. The Morgan fingerprint density at radius 2 is 1.87 bits per heavy atom. The van der Waals surface area contributed by atoms with E-state index in [2.05, 4.69) is 4.74 Å². The number of ether oxygens (including phenoxy) is 1. The van der Waals surface area contributed by atoms with Gasteiger partial charge in [-0.2, -0.15) is 0 Å². The fourth-order valence-corrected chi connectivity index (χ4v) is 2.67. The molecule has 0 spiro atoms. The van der Waals surface area contributed by atoms with E-state index >= 15 is 0 Å². The molecule has 0 aliphatic carbocycles. The van der Waals surface area contributed by atoms with Crippen molar-refractivity contribution in [1.82, 2.24) is 0 Å². The third kappa shape index (κ3) is 8.42. The van der Waals surface area contributed by atoms with Gasteiger partial charge < -0.3 is 4.74 Å². The first kappa shape index (κ1) is 14.4. The van der Waals surface area contributed by atoms with Crippen LogP contribution in [0.15, 0.2) is 0 Å². The Morgan fingerprint density at radius 1 is 1.27 bits per heavy atom. The predicted octanol–water partition coefficient (Wildman–Crippen LogP) is 1.40. The molecule has 0 bridgehead atoms. The van der Waals surface area contributed by atoms with Crippen molar-refractivity contribution in [2.45, 2.75) is 33.1 Å². The van der Waals surface area contributed by atoms with Crippen molar-refractivity contribution < 1.29 is 17.9 Å². The second-order valence-electron chi connectivity index (χ2n) is 4.01. The van der Waals surface area contributed by atoms with E-state index in [-0.39, 0.29) is 23.9 Å². The lowest BCUT2D eigenvalue weighted by Crippen LogP contribution is -2.14. The molecule has 90 valence electrons. The number of carbonyl (C=O) groups excluding carboxylic acids is 1. The van der Waals surface area contributed by atoms with Crippen molar-refractivity contribution in [1.29, 1.82) is 0 Å². The molecule has 0 aliphatic rings. The third-order valence-electron chi connectivity index (χ3n) is 2.07. The molecule has 0 saturated heterocycles. The minimum absolute atomic E-state index is 0.0782. The van der Waals surface area contributed by atoms with Gasteiger partial charge in [-0.3, -0.25) is 4.79 Å². The van der Waals surface area contributed by atoms with Crippen LogP contribution < -0.4 is 0 Å². The maximum absolute atomic E-state index is 11.5. The van der Waals surface area contributed by atoms with Gasteiger partial charge in [-0.25, -0.2) is 8.42 Å². The summed E-state index contributed by atoms with van der Waals surface area (Å²) in [4.78, 5) is 10.7. The second-order valence-corrected chi connectivity index (χ2v) is 6.32. The highest BCUT2D eigenvalue weighted by Crippen LogP contribution is 2.06. The van der Waals surface area contributed by atoms with Gasteiger partial charge in [0.05, 0.1) is 18.6 Å². The summed E-state index contributed by atoms with van der Waals surface area (Å²) in [5, 5.41) is 0. The van der Waals surface area contributed by atoms with Crippen LogP contribution in [0.5, 0.6) is 0 Å². The van der Waals surface area contributed by atoms with Crippen molar-refractivity contribution >= 4 is 15.8 Å². The molecule has 0 aliphatic heterocycles. The van der Waals surface area contributed by atoms with Gasteiger partial charge in [-0.1, -0.05) is 13.8 Å². The zero-order chi connectivity index (χ0) is 11.9. The van der Waals surface area contributed by atoms with Crippen LogP contribution in [0.3, 0.4) is 0 Å². The van der Waals surface area contributed by atoms with Crippen LogP contribution >= 0.6 is 0 Å². The molecule has 0 radical (unpaired) electrons. The second kappa shape index (κ2) is 6.82. The molecule has 0 heterocycles. The van der Waals surface area contributed by atoms with Crippen molar-refractivity contribution in [2.24, 2.45) is 5.92 Å². The standard InChI is InChI=1S/C10H20O4S/c1-9(2)6-8-15(12,13)7-4-5-10(11)14-3/h9H,4-8H2,1-3H3. The minimum atomic E-state index is -2.99. The number of sulfone groups is 1. The summed E-state index contributed by atoms with van der Waals surface area (Å²) in [6.45, 7) is 3.98. The first-order chi connectivity index (χ1) is 6.87. The lowest BCUT2D eigenvalue weighted by atomic mass is 10.2. The summed E-state index contributed by atoms with van der Waals surface area (Å²) in [7, 11) is -1.69. The zero-order valence-electron chi connectivity index (χ0n) is 9.65. The van der Waals surface area contributed by atoms with Crippen LogP contribution in [-0.4, -0.2) is 33.0 Å². The van der Waals surface area contributed by atoms with E-state index in [1.807, 2.05) is 13.8 Å². The van der Waals surface area contributed by atoms with Crippen molar-refractivity contribution in [3.63, 3.8) is 0 Å². The molecule has 0 atom stereocenters. The van der Waals surface area contributed by atoms with Gasteiger partial charge in [-0.15, -0.1) is 0 Å². The average Bonchev–Trinajstić information content (AvgIpc) is 2.14. The molecule has 0 aromatic rings. The largest absolute Gasteiger partial charge is 0.469 e. The van der Waals surface area contributed by atoms with Gasteiger partial charge in [0.1, 0.15) is 9.84 Å². The Bertz CT molecular complexity index is 280. The molecule has 0 amide bonds. The summed E-state index contributed by atoms with van der Waals surface area (Å²) in [6.07, 6.45) is 1.21. The molecular weight excluding hydrogens is 216 g/mol. The maximum Gasteiger partial charge on any atom is 0.305 e. The average molecular weight is 236 g/mol. The SMILES string of the molecule is COC(=O)CCCS(=O)(=O)CCC(C)C. The van der Waals surface area contributed by atoms with Gasteiger partial charge in [0.15, 0.2) is 0 Å². The van der Waals surface area contributed by atoms with E-state index < -0.39 is 9.84 Å². The van der Waals surface area contributed by atoms with E-state index in [1.54, 1.807) is 0 Å². The molecular formula is C10H20O4S. The van der Waals surface area contributed by atoms with Crippen LogP contribution in [0, 0.1) is 5.92 Å². The Hall–Kier alpha value is -0.580. The number of rotatable bonds is 7. The van der Waals surface area contributed by atoms with E-state index in [0.717, 1.165) is 0 Å². The lowest BCUT2D eigenvalue weighted by molar-refractivity contribution is -0.140. The highest BCUT2D eigenvalue weighted by molar-refractivity contribution is 7.91. The van der Waals surface area contributed by atoms with Crippen LogP contribution in [0.2, 0.25) is 0 Å². The van der Waals surface area contributed by atoms with Gasteiger partial charge in [0, 0.05) is 6.42 Å². The predicted molar refractivity (Wildman–Crippen MR) is 59.4 cm³/mol. The Labute approximate surface area is 91.9 Å². The summed E-state index contributed by atoms with van der Waals surface area (Å²) in [6, 6.07) is 0. The van der Waals surface area contributed by atoms with Gasteiger partial charge in [0.2, 0.25) is 0 Å². The maximum atomic E-state index is 11.5. The normalized spacial score (nSPS) is 11.7. The monoisotopic (exact) mass is 236 g/mol. The van der Waals surface area contributed by atoms with Crippen molar-refractivity contribution in [2.75, 3.05) is 18.6 Å². The minimum Gasteiger partial charge on any atom is -0.469 e. The lowest BCUT2D eigenvalue weighted by Gasteiger charge is -2.05. The van der Waals surface area contributed by atoms with E-state index in [1.165, 1.54) is 7.11 Å². The number of esters is 1. The van der Waals surface area contributed by atoms with Crippen LogP contribution in [0.25, 0.3) is 0 Å². The summed E-state index contributed by atoms with van der Waals surface area (Å²) >= 11 is 0. The van der Waals surface area contributed by atoms with Crippen LogP contribution in [0.1, 0.15) is 33.1 Å². The quantitative estimate of drug-likeness (QED) is 0.627. The highest BCUT2D eigenvalue weighted by Gasteiger charge is 2.12. The summed E-state index contributed by atoms with van der Waals surface area (Å²) in [5.41, 5.74) is 0. The smallest absolute Gasteiger partial charge is 0.305 e. The van der Waals surface area contributed by atoms with Crippen molar-refractivity contribution in [3.05, 3.63) is 0 Å². The first-order valence-corrected chi connectivity index (χ1v) is 6.97. The van der Waals surface area contributed by atoms with E-state index in [4.69, 9.17) is 0 Å². The number of carbonyl (C=O) groups is 1. The molecule has 0 fully saturated rings. The number of hydrogen-bond donors (Lipinski definition) is 0. The Kier molecular flexibility index (Phi) is 6.56. The van der Waals surface area contributed by atoms with Gasteiger partial charge in [-0.05, 0) is 18.8 Å². The molecule has 4 nitrogen and oxygen atoms in total. The molecule has 0 unspecified atom stereocenters. The molecule has 0 N–H and O–H groups in total. The molecule has 0 aromatic heterocycles. The van der Waals surface area contributed by atoms with Crippen molar-refractivity contribution in [3.8, 4) is 0 Å². The topological polar surface area (TPSA) is 60.4 Å². The van der Waals surface area contributed by atoms with Crippen LogP contribution in [0.4, 0.5) is 0 Å². The first-order valence-electron chi connectivity index (χ1n) is 5.14. The molecule has 5 heteroatoms. The van der Waals surface area contributed by atoms with E-state index in [0.29, 0.717) is 18.8 Å². The summed E-state index contributed by atoms with van der Waals surface area (Å²) in [5.74, 6) is 0.329. The molecule has 0 aromatic carbocycles. The fraction of sp³-hybridized carbons (Fsp3) is 0.900. The van der Waals surface area contributed by atoms with Crippen LogP contribution in [-0.2, 0) is 19.4 Å². The molecule has 0 saturated carbocycles. The summed E-state index contributed by atoms with van der Waals surface area (Å²) < 4.78 is 27.3. The van der Waals surface area contributed by atoms with Gasteiger partial charge in [0.25, 0.3) is 0 Å².